The van der Waals surface area contributed by atoms with Crippen molar-refractivity contribution in [3.8, 4) is 0 Å². The Labute approximate surface area is 103 Å². The summed E-state index contributed by atoms with van der Waals surface area (Å²) in [7, 11) is 0. The number of benzene rings is 1. The summed E-state index contributed by atoms with van der Waals surface area (Å²) in [4.78, 5) is 14.0. The van der Waals surface area contributed by atoms with Crippen LogP contribution in [0, 0.1) is 5.82 Å². The molecule has 2 nitrogen and oxygen atoms in total. The molecule has 1 aromatic rings. The fraction of sp³-hybridized carbons (Fsp3) is 0.417. The van der Waals surface area contributed by atoms with Gasteiger partial charge in [-0.1, -0.05) is 15.9 Å². The number of Topliss-reactive ketones (excluding diaryl/α,β-unsaturated/α-hetero) is 1. The third kappa shape index (κ3) is 2.68. The molecule has 0 aromatic heterocycles. The van der Waals surface area contributed by atoms with Crippen molar-refractivity contribution in [2.24, 2.45) is 0 Å². The molecule has 1 fully saturated rings. The summed E-state index contributed by atoms with van der Waals surface area (Å²) in [6.07, 6.45) is 2.30. The summed E-state index contributed by atoms with van der Waals surface area (Å²) >= 11 is 3.27. The quantitative estimate of drug-likeness (QED) is 0.796. The predicted molar refractivity (Wildman–Crippen MR) is 64.1 cm³/mol. The fourth-order valence-electron chi connectivity index (χ4n) is 1.94. The second-order valence-corrected chi connectivity index (χ2v) is 4.88. The molecule has 2 rings (SSSR count). The highest BCUT2D eigenvalue weighted by atomic mass is 79.9. The number of carbonyl (C=O) groups excluding carboxylic acids is 1. The zero-order chi connectivity index (χ0) is 11.5. The van der Waals surface area contributed by atoms with Crippen molar-refractivity contribution >= 4 is 21.7 Å². The number of hydrogen-bond acceptors (Lipinski definition) is 2. The van der Waals surface area contributed by atoms with Crippen LogP contribution in [0.4, 0.5) is 4.39 Å². The maximum atomic E-state index is 13.0. The molecule has 0 amide bonds. The Morgan fingerprint density at radius 3 is 2.75 bits per heavy atom. The monoisotopic (exact) mass is 285 g/mol. The zero-order valence-electron chi connectivity index (χ0n) is 8.88. The molecule has 0 N–H and O–H groups in total. The third-order valence-corrected chi connectivity index (χ3v) is 3.49. The van der Waals surface area contributed by atoms with E-state index >= 15 is 0 Å². The van der Waals surface area contributed by atoms with Crippen LogP contribution >= 0.6 is 15.9 Å². The van der Waals surface area contributed by atoms with Crippen LogP contribution < -0.4 is 0 Å². The molecule has 1 saturated heterocycles. The van der Waals surface area contributed by atoms with E-state index in [-0.39, 0.29) is 11.6 Å². The van der Waals surface area contributed by atoms with E-state index in [2.05, 4.69) is 20.8 Å². The molecule has 0 spiro atoms. The zero-order valence-corrected chi connectivity index (χ0v) is 10.5. The van der Waals surface area contributed by atoms with Gasteiger partial charge in [0.1, 0.15) is 5.82 Å². The van der Waals surface area contributed by atoms with Crippen LogP contribution in [0.3, 0.4) is 0 Å². The van der Waals surface area contributed by atoms with Gasteiger partial charge in [0.2, 0.25) is 0 Å². The fourth-order valence-corrected chi connectivity index (χ4v) is 2.41. The summed E-state index contributed by atoms with van der Waals surface area (Å²) in [5, 5.41) is 0. The minimum Gasteiger partial charge on any atom is -0.296 e. The van der Waals surface area contributed by atoms with Gasteiger partial charge in [0.15, 0.2) is 5.78 Å². The Balaban J connectivity index is 2.10. The lowest BCUT2D eigenvalue weighted by Gasteiger charge is -2.13. The molecular weight excluding hydrogens is 273 g/mol. The lowest BCUT2D eigenvalue weighted by atomic mass is 10.1. The smallest absolute Gasteiger partial charge is 0.178 e. The van der Waals surface area contributed by atoms with E-state index in [4.69, 9.17) is 0 Å². The maximum Gasteiger partial charge on any atom is 0.178 e. The second-order valence-electron chi connectivity index (χ2n) is 4.03. The number of hydrogen-bond donors (Lipinski definition) is 0. The largest absolute Gasteiger partial charge is 0.296 e. The van der Waals surface area contributed by atoms with Crippen molar-refractivity contribution in [1.29, 1.82) is 0 Å². The highest BCUT2D eigenvalue weighted by Crippen LogP contribution is 2.19. The minimum atomic E-state index is -0.368. The van der Waals surface area contributed by atoms with Gasteiger partial charge in [0.25, 0.3) is 0 Å². The van der Waals surface area contributed by atoms with Crippen LogP contribution in [0.1, 0.15) is 23.2 Å². The molecule has 0 aliphatic carbocycles. The maximum absolute atomic E-state index is 13.0. The SMILES string of the molecule is O=C(CN1CCCC1)c1cc(F)ccc1Br. The van der Waals surface area contributed by atoms with Crippen molar-refractivity contribution in [1.82, 2.24) is 4.90 Å². The number of carbonyl (C=O) groups is 1. The Morgan fingerprint density at radius 1 is 1.38 bits per heavy atom. The van der Waals surface area contributed by atoms with Crippen LogP contribution in [0.2, 0.25) is 0 Å². The van der Waals surface area contributed by atoms with Crippen molar-refractivity contribution in [2.45, 2.75) is 12.8 Å². The first-order valence-corrected chi connectivity index (χ1v) is 6.17. The van der Waals surface area contributed by atoms with Gasteiger partial charge >= 0.3 is 0 Å². The van der Waals surface area contributed by atoms with Gasteiger partial charge in [-0.05, 0) is 44.1 Å². The van der Waals surface area contributed by atoms with Gasteiger partial charge in [0, 0.05) is 10.0 Å². The molecule has 86 valence electrons. The van der Waals surface area contributed by atoms with Gasteiger partial charge < -0.3 is 0 Å². The van der Waals surface area contributed by atoms with Crippen LogP contribution in [-0.4, -0.2) is 30.3 Å². The number of halogens is 2. The number of likely N-dealkylation sites (tertiary alicyclic amines) is 1. The average molecular weight is 286 g/mol. The second kappa shape index (κ2) is 5.06. The first kappa shape index (κ1) is 11.7. The number of ketones is 1. The number of rotatable bonds is 3. The lowest BCUT2D eigenvalue weighted by Crippen LogP contribution is -2.27. The van der Waals surface area contributed by atoms with Crippen molar-refractivity contribution < 1.29 is 9.18 Å². The number of nitrogens with zero attached hydrogens (tertiary/aromatic N) is 1. The highest BCUT2D eigenvalue weighted by molar-refractivity contribution is 9.10. The summed E-state index contributed by atoms with van der Waals surface area (Å²) in [5.41, 5.74) is 0.437. The molecule has 1 aliphatic heterocycles. The minimum absolute atomic E-state index is 0.0201. The Morgan fingerprint density at radius 2 is 2.06 bits per heavy atom. The van der Waals surface area contributed by atoms with E-state index < -0.39 is 0 Å². The summed E-state index contributed by atoms with van der Waals surface area (Å²) in [6, 6.07) is 4.21. The Hall–Kier alpha value is -0.740. The molecule has 0 radical (unpaired) electrons. The van der Waals surface area contributed by atoms with E-state index in [1.807, 2.05) is 0 Å². The van der Waals surface area contributed by atoms with Gasteiger partial charge in [0.05, 0.1) is 6.54 Å². The summed E-state index contributed by atoms with van der Waals surface area (Å²) < 4.78 is 13.7. The molecule has 0 unspecified atom stereocenters. The van der Waals surface area contributed by atoms with E-state index in [9.17, 15) is 9.18 Å². The molecule has 0 saturated carbocycles. The Bertz CT molecular complexity index is 402. The van der Waals surface area contributed by atoms with Gasteiger partial charge in [-0.25, -0.2) is 4.39 Å². The van der Waals surface area contributed by atoms with Gasteiger partial charge in [-0.2, -0.15) is 0 Å². The predicted octanol–water partition coefficient (Wildman–Crippen LogP) is 2.87. The van der Waals surface area contributed by atoms with E-state index in [1.165, 1.54) is 12.1 Å². The summed E-state index contributed by atoms with van der Waals surface area (Å²) in [6.45, 7) is 2.33. The molecule has 1 aliphatic rings. The van der Waals surface area contributed by atoms with Crippen LogP contribution in [0.15, 0.2) is 22.7 Å². The molecule has 1 aromatic carbocycles. The molecule has 16 heavy (non-hydrogen) atoms. The first-order chi connectivity index (χ1) is 7.66. The standard InChI is InChI=1S/C12H13BrFNO/c13-11-4-3-9(14)7-10(11)12(16)8-15-5-1-2-6-15/h3-4,7H,1-2,5-6,8H2. The van der Waals surface area contributed by atoms with Crippen molar-refractivity contribution in [2.75, 3.05) is 19.6 Å². The molecule has 0 bridgehead atoms. The first-order valence-electron chi connectivity index (χ1n) is 5.37. The van der Waals surface area contributed by atoms with Crippen molar-refractivity contribution in [3.05, 3.63) is 34.1 Å². The average Bonchev–Trinajstić information content (AvgIpc) is 2.74. The molecule has 4 heteroatoms. The molecular formula is C12H13BrFNO. The van der Waals surface area contributed by atoms with Crippen molar-refractivity contribution in [3.63, 3.8) is 0 Å². The van der Waals surface area contributed by atoms with E-state index in [0.29, 0.717) is 16.6 Å². The van der Waals surface area contributed by atoms with Crippen LogP contribution in [0.5, 0.6) is 0 Å². The van der Waals surface area contributed by atoms with Crippen LogP contribution in [-0.2, 0) is 0 Å². The molecule has 0 atom stereocenters. The Kier molecular flexibility index (Phi) is 3.71. The van der Waals surface area contributed by atoms with Gasteiger partial charge in [-0.15, -0.1) is 0 Å². The van der Waals surface area contributed by atoms with Crippen LogP contribution in [0.25, 0.3) is 0 Å². The highest BCUT2D eigenvalue weighted by Gasteiger charge is 2.18. The van der Waals surface area contributed by atoms with Gasteiger partial charge in [-0.3, -0.25) is 9.69 Å². The molecule has 1 heterocycles. The normalized spacial score (nSPS) is 16.6. The topological polar surface area (TPSA) is 20.3 Å². The summed E-state index contributed by atoms with van der Waals surface area (Å²) in [5.74, 6) is -0.388. The third-order valence-electron chi connectivity index (χ3n) is 2.79. The lowest BCUT2D eigenvalue weighted by molar-refractivity contribution is 0.0944. The van der Waals surface area contributed by atoms with E-state index in [0.717, 1.165) is 25.9 Å². The van der Waals surface area contributed by atoms with E-state index in [1.54, 1.807) is 6.07 Å².